The van der Waals surface area contributed by atoms with Crippen molar-refractivity contribution in [3.63, 3.8) is 0 Å². The third kappa shape index (κ3) is 5.51. The van der Waals surface area contributed by atoms with Crippen LogP contribution in [0.15, 0.2) is 48.5 Å². The van der Waals surface area contributed by atoms with E-state index >= 15 is 0 Å². The van der Waals surface area contributed by atoms with Crippen LogP contribution in [0.25, 0.3) is 0 Å². The summed E-state index contributed by atoms with van der Waals surface area (Å²) >= 11 is 0. The highest BCUT2D eigenvalue weighted by Crippen LogP contribution is 2.11. The SMILES string of the molecule is OB(OB(OB(O)c1cc(F)cc(F)c1)c1ccc(F)c(F)c1F)c1cc(F)cc(F)c1. The Morgan fingerprint density at radius 2 is 0.969 bits per heavy atom. The largest absolute Gasteiger partial charge is 0.477 e. The summed E-state index contributed by atoms with van der Waals surface area (Å²) in [4.78, 5) is 0. The molecule has 0 saturated heterocycles. The van der Waals surface area contributed by atoms with Gasteiger partial charge in [0.1, 0.15) is 23.3 Å². The maximum atomic E-state index is 14.3. The number of benzene rings is 3. The fourth-order valence-electron chi connectivity index (χ4n) is 2.73. The Kier molecular flexibility index (Phi) is 7.29. The van der Waals surface area contributed by atoms with E-state index in [-0.39, 0.29) is 0 Å². The summed E-state index contributed by atoms with van der Waals surface area (Å²) in [5.74, 6) is -9.76. The van der Waals surface area contributed by atoms with Crippen molar-refractivity contribution in [2.24, 2.45) is 0 Å². The molecule has 0 radical (unpaired) electrons. The molecule has 0 atom stereocenters. The van der Waals surface area contributed by atoms with Crippen molar-refractivity contribution in [3.8, 4) is 0 Å². The van der Waals surface area contributed by atoms with Crippen LogP contribution in [-0.2, 0) is 9.14 Å². The molecule has 0 aliphatic heterocycles. The summed E-state index contributed by atoms with van der Waals surface area (Å²) in [6, 6.07) is 4.74. The summed E-state index contributed by atoms with van der Waals surface area (Å²) in [5.41, 5.74) is -1.90. The summed E-state index contributed by atoms with van der Waals surface area (Å²) in [7, 11) is -6.66. The fourth-order valence-corrected chi connectivity index (χ4v) is 2.73. The van der Waals surface area contributed by atoms with Gasteiger partial charge in [-0.05, 0) is 41.3 Å². The van der Waals surface area contributed by atoms with Crippen LogP contribution in [-0.4, -0.2) is 31.4 Å². The minimum atomic E-state index is -2.23. The predicted molar refractivity (Wildman–Crippen MR) is 102 cm³/mol. The summed E-state index contributed by atoms with van der Waals surface area (Å²) in [6.45, 7) is 0. The first-order valence-corrected chi connectivity index (χ1v) is 8.77. The van der Waals surface area contributed by atoms with Gasteiger partial charge in [0, 0.05) is 17.6 Å². The Bertz CT molecular complexity index is 1040. The normalized spacial score (nSPS) is 10.9. The van der Waals surface area contributed by atoms with Gasteiger partial charge in [-0.15, -0.1) is 0 Å². The quantitative estimate of drug-likeness (QED) is 0.319. The lowest BCUT2D eigenvalue weighted by atomic mass is 9.67. The predicted octanol–water partition coefficient (Wildman–Crippen LogP) is 1.16. The van der Waals surface area contributed by atoms with E-state index in [1.165, 1.54) is 0 Å². The van der Waals surface area contributed by atoms with E-state index in [2.05, 4.69) is 0 Å². The Balaban J connectivity index is 1.96. The van der Waals surface area contributed by atoms with E-state index < -0.39 is 78.5 Å². The van der Waals surface area contributed by atoms with Crippen molar-refractivity contribution < 1.29 is 49.9 Å². The second-order valence-electron chi connectivity index (χ2n) is 6.48. The van der Waals surface area contributed by atoms with E-state index in [9.17, 15) is 40.8 Å². The van der Waals surface area contributed by atoms with Crippen molar-refractivity contribution in [1.29, 1.82) is 0 Å². The second-order valence-corrected chi connectivity index (χ2v) is 6.48. The molecule has 14 heteroatoms. The van der Waals surface area contributed by atoms with Gasteiger partial charge in [0.2, 0.25) is 0 Å². The van der Waals surface area contributed by atoms with Crippen molar-refractivity contribution >= 4 is 37.7 Å². The van der Waals surface area contributed by atoms with E-state index in [0.29, 0.717) is 48.5 Å². The number of rotatable bonds is 7. The fraction of sp³-hybridized carbons (Fsp3) is 0. The van der Waals surface area contributed by atoms with Crippen molar-refractivity contribution in [1.82, 2.24) is 0 Å². The first kappa shape index (κ1) is 23.9. The van der Waals surface area contributed by atoms with Crippen LogP contribution in [0.5, 0.6) is 0 Å². The van der Waals surface area contributed by atoms with Gasteiger partial charge < -0.3 is 19.2 Å². The van der Waals surface area contributed by atoms with E-state index in [0.717, 1.165) is 0 Å². The van der Waals surface area contributed by atoms with Crippen molar-refractivity contribution in [2.75, 3.05) is 0 Å². The number of hydrogen-bond acceptors (Lipinski definition) is 4. The van der Waals surface area contributed by atoms with Gasteiger partial charge >= 0.3 is 21.4 Å². The molecular formula is C18H10B3F7O4. The number of halogens is 7. The first-order chi connectivity index (χ1) is 15.0. The molecule has 3 rings (SSSR count). The zero-order valence-corrected chi connectivity index (χ0v) is 15.7. The lowest BCUT2D eigenvalue weighted by Gasteiger charge is -2.20. The minimum Gasteiger partial charge on any atom is -0.444 e. The van der Waals surface area contributed by atoms with Gasteiger partial charge in [-0.1, -0.05) is 6.07 Å². The molecule has 164 valence electrons. The molecule has 3 aromatic carbocycles. The lowest BCUT2D eigenvalue weighted by molar-refractivity contribution is 0.353. The van der Waals surface area contributed by atoms with Crippen LogP contribution < -0.4 is 16.4 Å². The smallest absolute Gasteiger partial charge is 0.444 e. The monoisotopic (exact) mass is 456 g/mol. The standard InChI is InChI=1S/C18H10B3F7O4/c22-11-3-9(4-12(23)7-11)19(29)31-21(15-1-2-16(26)18(28)17(15)27)32-20(30)10-5-13(24)8-14(25)6-10/h1-8,29-30H. The third-order valence-electron chi connectivity index (χ3n) is 4.16. The van der Waals surface area contributed by atoms with Crippen LogP contribution in [0.3, 0.4) is 0 Å². The first-order valence-electron chi connectivity index (χ1n) is 8.77. The van der Waals surface area contributed by atoms with E-state index in [1.54, 1.807) is 0 Å². The second kappa shape index (κ2) is 9.78. The third-order valence-corrected chi connectivity index (χ3v) is 4.16. The summed E-state index contributed by atoms with van der Waals surface area (Å²) in [5, 5.41) is 20.3. The van der Waals surface area contributed by atoms with Gasteiger partial charge in [-0.2, -0.15) is 0 Å². The number of hydrogen-bond donors (Lipinski definition) is 2. The van der Waals surface area contributed by atoms with E-state index in [1.807, 2.05) is 0 Å². The van der Waals surface area contributed by atoms with Crippen LogP contribution in [0.4, 0.5) is 30.7 Å². The Labute approximate surface area is 177 Å². The molecule has 0 saturated carbocycles. The zero-order valence-electron chi connectivity index (χ0n) is 15.7. The molecule has 0 amide bonds. The Morgan fingerprint density at radius 1 is 0.562 bits per heavy atom. The summed E-state index contributed by atoms with van der Waals surface area (Å²) in [6.07, 6.45) is 0. The van der Waals surface area contributed by atoms with Crippen molar-refractivity contribution in [3.05, 3.63) is 89.3 Å². The molecule has 0 spiro atoms. The molecule has 0 aromatic heterocycles. The lowest BCUT2D eigenvalue weighted by Crippen LogP contribution is -2.52. The molecule has 0 bridgehead atoms. The molecular weight excluding hydrogens is 446 g/mol. The average molecular weight is 456 g/mol. The molecule has 2 N–H and O–H groups in total. The molecule has 32 heavy (non-hydrogen) atoms. The molecule has 4 nitrogen and oxygen atoms in total. The van der Waals surface area contributed by atoms with Gasteiger partial charge in [0.05, 0.1) is 0 Å². The molecule has 3 aromatic rings. The van der Waals surface area contributed by atoms with Crippen LogP contribution >= 0.6 is 0 Å². The maximum Gasteiger partial charge on any atom is 0.477 e. The zero-order chi connectivity index (χ0) is 23.6. The molecule has 0 fully saturated rings. The molecule has 0 aliphatic carbocycles. The van der Waals surface area contributed by atoms with Crippen molar-refractivity contribution in [2.45, 2.75) is 0 Å². The van der Waals surface area contributed by atoms with Gasteiger partial charge in [0.25, 0.3) is 0 Å². The molecule has 0 aliphatic rings. The maximum absolute atomic E-state index is 14.3. The Morgan fingerprint density at radius 3 is 1.38 bits per heavy atom. The highest BCUT2D eigenvalue weighted by molar-refractivity contribution is 6.79. The minimum absolute atomic E-state index is 0.482. The van der Waals surface area contributed by atoms with Crippen LogP contribution in [0.2, 0.25) is 0 Å². The molecule has 0 unspecified atom stereocenters. The average Bonchev–Trinajstić information content (AvgIpc) is 2.70. The Hall–Kier alpha value is -2.80. The highest BCUT2D eigenvalue weighted by Gasteiger charge is 2.37. The van der Waals surface area contributed by atoms with Crippen LogP contribution in [0, 0.1) is 40.7 Å². The molecule has 0 heterocycles. The van der Waals surface area contributed by atoms with E-state index in [4.69, 9.17) is 9.14 Å². The van der Waals surface area contributed by atoms with Gasteiger partial charge in [-0.3, -0.25) is 0 Å². The topological polar surface area (TPSA) is 58.9 Å². The van der Waals surface area contributed by atoms with Crippen LogP contribution in [0.1, 0.15) is 0 Å². The highest BCUT2D eigenvalue weighted by atomic mass is 19.2. The summed E-state index contributed by atoms with van der Waals surface area (Å²) < 4.78 is 105. The van der Waals surface area contributed by atoms with Gasteiger partial charge in [0.15, 0.2) is 17.5 Å². The van der Waals surface area contributed by atoms with Gasteiger partial charge in [-0.25, -0.2) is 30.7 Å².